The molecule has 0 saturated carbocycles. The normalized spacial score (nSPS) is 13.7. The maximum absolute atomic E-state index is 12.3. The number of hydrogen-bond donors (Lipinski definition) is 3. The Bertz CT molecular complexity index is 1250. The molecule has 0 aliphatic carbocycles. The SMILES string of the molecule is CC/C=C(/N=C(N)c1ccn2c(-c3cccc(NC(=O)NCC(F)(F)F)c3)cnc2c1)C(C)CC. The van der Waals surface area contributed by atoms with Crippen LogP contribution in [0.5, 0.6) is 0 Å². The summed E-state index contributed by atoms with van der Waals surface area (Å²) in [5.41, 5.74) is 10.5. The van der Waals surface area contributed by atoms with Crippen molar-refractivity contribution in [2.75, 3.05) is 11.9 Å². The molecule has 7 nitrogen and oxygen atoms in total. The van der Waals surface area contributed by atoms with Gasteiger partial charge in [-0.3, -0.25) is 4.40 Å². The van der Waals surface area contributed by atoms with Crippen molar-refractivity contribution in [3.63, 3.8) is 0 Å². The van der Waals surface area contributed by atoms with E-state index < -0.39 is 18.8 Å². The van der Waals surface area contributed by atoms with Gasteiger partial charge in [0.25, 0.3) is 0 Å². The Morgan fingerprint density at radius 3 is 2.71 bits per heavy atom. The van der Waals surface area contributed by atoms with E-state index in [1.807, 2.05) is 28.8 Å². The first kappa shape index (κ1) is 25.8. The zero-order valence-electron chi connectivity index (χ0n) is 19.9. The summed E-state index contributed by atoms with van der Waals surface area (Å²) in [4.78, 5) is 20.9. The molecule has 10 heteroatoms. The number of fused-ring (bicyclic) bond motifs is 1. The minimum Gasteiger partial charge on any atom is -0.383 e. The number of rotatable bonds is 8. The molecular weight excluding hydrogens is 457 g/mol. The highest BCUT2D eigenvalue weighted by Gasteiger charge is 2.27. The number of halogens is 3. The predicted octanol–water partition coefficient (Wildman–Crippen LogP) is 5.73. The number of anilines is 1. The molecule has 0 radical (unpaired) electrons. The standard InChI is InChI=1S/C25H29F3N6O/c1-4-7-20(16(3)5-2)33-23(29)18-10-11-34-21(14-30-22(34)13-18)17-8-6-9-19(12-17)32-24(35)31-15-25(26,27)28/h6-14,16H,4-5,15H2,1-3H3,(H2,29,33)(H2,31,32,35)/b20-7+. The monoisotopic (exact) mass is 486 g/mol. The highest BCUT2D eigenvalue weighted by atomic mass is 19.4. The minimum absolute atomic E-state index is 0.298. The van der Waals surface area contributed by atoms with Gasteiger partial charge in [-0.05, 0) is 43.0 Å². The van der Waals surface area contributed by atoms with E-state index in [1.165, 1.54) is 0 Å². The summed E-state index contributed by atoms with van der Waals surface area (Å²) >= 11 is 0. The van der Waals surface area contributed by atoms with E-state index in [0.717, 1.165) is 35.4 Å². The molecule has 2 heterocycles. The molecular formula is C25H29F3N6O. The van der Waals surface area contributed by atoms with Crippen molar-refractivity contribution in [2.24, 2.45) is 16.6 Å². The molecule has 3 rings (SSSR count). The summed E-state index contributed by atoms with van der Waals surface area (Å²) < 4.78 is 38.8. The molecule has 35 heavy (non-hydrogen) atoms. The van der Waals surface area contributed by atoms with Gasteiger partial charge >= 0.3 is 12.2 Å². The third-order valence-corrected chi connectivity index (χ3v) is 5.45. The number of amidine groups is 1. The summed E-state index contributed by atoms with van der Waals surface area (Å²) in [6.07, 6.45) is 2.94. The summed E-state index contributed by atoms with van der Waals surface area (Å²) in [5.74, 6) is 0.708. The van der Waals surface area contributed by atoms with Gasteiger partial charge in [0.05, 0.1) is 11.9 Å². The van der Waals surface area contributed by atoms with Crippen molar-refractivity contribution in [1.82, 2.24) is 14.7 Å². The fourth-order valence-electron chi connectivity index (χ4n) is 3.44. The first-order valence-corrected chi connectivity index (χ1v) is 11.3. The molecule has 1 aromatic carbocycles. The topological polar surface area (TPSA) is 96.8 Å². The van der Waals surface area contributed by atoms with Gasteiger partial charge in [-0.25, -0.2) is 14.8 Å². The summed E-state index contributed by atoms with van der Waals surface area (Å²) in [6, 6.07) is 9.52. The molecule has 1 unspecified atom stereocenters. The lowest BCUT2D eigenvalue weighted by atomic mass is 10.0. The molecule has 3 aromatic rings. The molecule has 0 aliphatic heterocycles. The number of pyridine rings is 1. The molecule has 0 bridgehead atoms. The number of amides is 2. The van der Waals surface area contributed by atoms with Gasteiger partial charge in [0.1, 0.15) is 18.0 Å². The van der Waals surface area contributed by atoms with Crippen LogP contribution in [-0.2, 0) is 0 Å². The number of nitrogens with two attached hydrogens (primary N) is 1. The molecule has 0 saturated heterocycles. The Morgan fingerprint density at radius 1 is 1.26 bits per heavy atom. The minimum atomic E-state index is -4.48. The second kappa shape index (κ2) is 11.1. The fraction of sp³-hybridized carbons (Fsp3) is 0.320. The van der Waals surface area contributed by atoms with Crippen molar-refractivity contribution in [2.45, 2.75) is 39.8 Å². The second-order valence-electron chi connectivity index (χ2n) is 8.13. The Kier molecular flexibility index (Phi) is 8.16. The average Bonchev–Trinajstić information content (AvgIpc) is 3.25. The van der Waals surface area contributed by atoms with E-state index in [0.29, 0.717) is 23.1 Å². The molecule has 4 N–H and O–H groups in total. The number of allylic oxidation sites excluding steroid dienone is 2. The van der Waals surface area contributed by atoms with Crippen molar-refractivity contribution in [3.8, 4) is 11.3 Å². The van der Waals surface area contributed by atoms with Crippen molar-refractivity contribution >= 4 is 23.2 Å². The largest absolute Gasteiger partial charge is 0.405 e. The molecule has 1 atom stereocenters. The van der Waals surface area contributed by atoms with Crippen LogP contribution in [0.4, 0.5) is 23.7 Å². The number of nitrogens with one attached hydrogen (secondary N) is 2. The van der Waals surface area contributed by atoms with Crippen LogP contribution < -0.4 is 16.4 Å². The number of alkyl halides is 3. The summed E-state index contributed by atoms with van der Waals surface area (Å²) in [6.45, 7) is 4.88. The highest BCUT2D eigenvalue weighted by Crippen LogP contribution is 2.25. The molecule has 0 aliphatic rings. The highest BCUT2D eigenvalue weighted by molar-refractivity contribution is 5.99. The van der Waals surface area contributed by atoms with E-state index in [-0.39, 0.29) is 0 Å². The number of carbonyl (C=O) groups excluding carboxylic acids is 1. The fourth-order valence-corrected chi connectivity index (χ4v) is 3.44. The zero-order chi connectivity index (χ0) is 25.6. The Morgan fingerprint density at radius 2 is 2.03 bits per heavy atom. The third kappa shape index (κ3) is 6.84. The third-order valence-electron chi connectivity index (χ3n) is 5.45. The second-order valence-corrected chi connectivity index (χ2v) is 8.13. The number of aliphatic imine (C=N–C) groups is 1. The van der Waals surface area contributed by atoms with Crippen LogP contribution in [0, 0.1) is 5.92 Å². The van der Waals surface area contributed by atoms with Gasteiger partial charge in [0.15, 0.2) is 0 Å². The Balaban J connectivity index is 1.84. The van der Waals surface area contributed by atoms with Crippen LogP contribution in [-0.4, -0.2) is 34.0 Å². The molecule has 2 amide bonds. The van der Waals surface area contributed by atoms with E-state index in [9.17, 15) is 18.0 Å². The van der Waals surface area contributed by atoms with E-state index in [2.05, 4.69) is 42.1 Å². The van der Waals surface area contributed by atoms with Gasteiger partial charge in [-0.1, -0.05) is 39.0 Å². The zero-order valence-corrected chi connectivity index (χ0v) is 19.9. The first-order chi connectivity index (χ1) is 16.6. The van der Waals surface area contributed by atoms with E-state index >= 15 is 0 Å². The summed E-state index contributed by atoms with van der Waals surface area (Å²) in [5, 5.41) is 4.20. The Hall–Kier alpha value is -3.82. The molecule has 0 spiro atoms. The van der Waals surface area contributed by atoms with Gasteiger partial charge < -0.3 is 16.4 Å². The van der Waals surface area contributed by atoms with Gasteiger partial charge in [0.2, 0.25) is 0 Å². The quantitative estimate of drug-likeness (QED) is 0.280. The van der Waals surface area contributed by atoms with Crippen molar-refractivity contribution in [1.29, 1.82) is 0 Å². The van der Waals surface area contributed by atoms with Crippen molar-refractivity contribution in [3.05, 3.63) is 66.1 Å². The number of hydrogen-bond acceptors (Lipinski definition) is 3. The number of carbonyl (C=O) groups is 1. The summed E-state index contributed by atoms with van der Waals surface area (Å²) in [7, 11) is 0. The maximum Gasteiger partial charge on any atom is 0.405 e. The number of urea groups is 1. The number of imidazole rings is 1. The predicted molar refractivity (Wildman–Crippen MR) is 132 cm³/mol. The first-order valence-electron chi connectivity index (χ1n) is 11.3. The molecule has 186 valence electrons. The Labute approximate surface area is 202 Å². The number of nitrogens with zero attached hydrogens (tertiary/aromatic N) is 3. The van der Waals surface area contributed by atoms with E-state index in [1.54, 1.807) is 29.7 Å². The smallest absolute Gasteiger partial charge is 0.383 e. The van der Waals surface area contributed by atoms with Crippen LogP contribution in [0.25, 0.3) is 16.9 Å². The number of benzene rings is 1. The van der Waals surface area contributed by atoms with E-state index in [4.69, 9.17) is 5.73 Å². The maximum atomic E-state index is 12.3. The van der Waals surface area contributed by atoms with Gasteiger partial charge in [-0.15, -0.1) is 0 Å². The van der Waals surface area contributed by atoms with Crippen LogP contribution >= 0.6 is 0 Å². The lowest BCUT2D eigenvalue weighted by Gasteiger charge is -2.12. The molecule has 0 fully saturated rings. The van der Waals surface area contributed by atoms with Crippen LogP contribution in [0.2, 0.25) is 0 Å². The average molecular weight is 487 g/mol. The lowest BCUT2D eigenvalue weighted by molar-refractivity contribution is -0.122. The van der Waals surface area contributed by atoms with Crippen LogP contribution in [0.3, 0.4) is 0 Å². The van der Waals surface area contributed by atoms with Crippen LogP contribution in [0.1, 0.15) is 39.2 Å². The van der Waals surface area contributed by atoms with Gasteiger partial charge in [0, 0.05) is 28.7 Å². The molecule has 2 aromatic heterocycles. The van der Waals surface area contributed by atoms with Gasteiger partial charge in [-0.2, -0.15) is 13.2 Å². The van der Waals surface area contributed by atoms with Crippen LogP contribution in [0.15, 0.2) is 65.6 Å². The number of aromatic nitrogens is 2. The van der Waals surface area contributed by atoms with Crippen molar-refractivity contribution < 1.29 is 18.0 Å². The lowest BCUT2D eigenvalue weighted by Crippen LogP contribution is -2.36.